The van der Waals surface area contributed by atoms with Crippen LogP contribution in [0.15, 0.2) is 5.16 Å². The Bertz CT molecular complexity index is 406. The van der Waals surface area contributed by atoms with Gasteiger partial charge >= 0.3 is 12.4 Å². The van der Waals surface area contributed by atoms with E-state index in [9.17, 15) is 31.1 Å². The topological polar surface area (TPSA) is 78.9 Å². The summed E-state index contributed by atoms with van der Waals surface area (Å²) in [6.07, 6.45) is -10.8. The molecule has 1 aliphatic rings. The molecule has 11 heteroatoms. The molecule has 0 saturated carbocycles. The zero-order chi connectivity index (χ0) is 16.4. The van der Waals surface area contributed by atoms with E-state index in [1.54, 1.807) is 0 Å². The molecule has 0 radical (unpaired) electrons. The van der Waals surface area contributed by atoms with Gasteiger partial charge < -0.3 is 15.8 Å². The lowest BCUT2D eigenvalue weighted by Crippen LogP contribution is -2.57. The monoisotopic (exact) mass is 321 g/mol. The molecule has 0 aromatic carbocycles. The van der Waals surface area contributed by atoms with Crippen LogP contribution in [0.4, 0.5) is 26.3 Å². The van der Waals surface area contributed by atoms with Crippen LogP contribution in [0, 0.1) is 5.92 Å². The molecule has 0 spiro atoms. The number of rotatable bonds is 2. The van der Waals surface area contributed by atoms with Crippen molar-refractivity contribution in [2.45, 2.75) is 37.7 Å². The molecule has 5 nitrogen and oxygen atoms in total. The van der Waals surface area contributed by atoms with Crippen molar-refractivity contribution in [3.8, 4) is 0 Å². The molecule has 1 unspecified atom stereocenters. The van der Waals surface area contributed by atoms with Crippen molar-refractivity contribution in [3.05, 3.63) is 0 Å². The van der Waals surface area contributed by atoms with E-state index in [1.165, 1.54) is 0 Å². The molecule has 3 N–H and O–H groups in total. The van der Waals surface area contributed by atoms with E-state index in [4.69, 9.17) is 10.9 Å². The van der Waals surface area contributed by atoms with Crippen LogP contribution in [0.2, 0.25) is 0 Å². The van der Waals surface area contributed by atoms with Gasteiger partial charge in [0, 0.05) is 6.54 Å². The lowest BCUT2D eigenvalue weighted by molar-refractivity contribution is -0.278. The number of carbonyl (C=O) groups excluding carboxylic acids is 1. The lowest BCUT2D eigenvalue weighted by atomic mass is 9.97. The molecular formula is C10H13F6N3O2. The maximum atomic E-state index is 12.6. The lowest BCUT2D eigenvalue weighted by Gasteiger charge is -2.37. The Morgan fingerprint density at radius 2 is 1.71 bits per heavy atom. The van der Waals surface area contributed by atoms with E-state index in [0.29, 0.717) is 11.3 Å². The fourth-order valence-corrected chi connectivity index (χ4v) is 2.20. The SMILES string of the molecule is NC(=NO)C1CCCCN1C(=O)C(C(F)(F)F)C(F)(F)F. The van der Waals surface area contributed by atoms with Crippen LogP contribution >= 0.6 is 0 Å². The normalized spacial score (nSPS) is 21.8. The molecule has 0 aromatic heterocycles. The van der Waals surface area contributed by atoms with Crippen molar-refractivity contribution >= 4 is 11.7 Å². The number of hydrogen-bond acceptors (Lipinski definition) is 3. The second-order valence-electron chi connectivity index (χ2n) is 4.58. The number of carbonyl (C=O) groups is 1. The highest BCUT2D eigenvalue weighted by atomic mass is 19.4. The molecule has 1 rings (SSSR count). The van der Waals surface area contributed by atoms with Crippen LogP contribution in [0.1, 0.15) is 19.3 Å². The Labute approximate surface area is 115 Å². The first-order valence-electron chi connectivity index (χ1n) is 5.91. The number of hydrogen-bond donors (Lipinski definition) is 2. The summed E-state index contributed by atoms with van der Waals surface area (Å²) in [7, 11) is 0. The molecule has 1 saturated heterocycles. The molecule has 1 heterocycles. The summed E-state index contributed by atoms with van der Waals surface area (Å²) in [6, 6.07) is -1.27. The van der Waals surface area contributed by atoms with Crippen molar-refractivity contribution in [2.75, 3.05) is 6.54 Å². The van der Waals surface area contributed by atoms with Crippen molar-refractivity contribution in [1.82, 2.24) is 4.90 Å². The Balaban J connectivity index is 3.12. The van der Waals surface area contributed by atoms with Gasteiger partial charge in [0.25, 0.3) is 0 Å². The summed E-state index contributed by atoms with van der Waals surface area (Å²) in [5.41, 5.74) is 5.24. The number of piperidine rings is 1. The third-order valence-electron chi connectivity index (χ3n) is 3.14. The van der Waals surface area contributed by atoms with Gasteiger partial charge in [-0.05, 0) is 19.3 Å². The predicted octanol–water partition coefficient (Wildman–Crippen LogP) is 1.85. The molecule has 0 aliphatic carbocycles. The number of alkyl halides is 6. The highest BCUT2D eigenvalue weighted by Gasteiger charge is 2.62. The zero-order valence-corrected chi connectivity index (χ0v) is 10.6. The van der Waals surface area contributed by atoms with Gasteiger partial charge in [-0.1, -0.05) is 5.16 Å². The standard InChI is InChI=1S/C10H13F6N3O2/c11-9(12,13)6(10(14,15)16)8(20)19-4-2-1-3-5(19)7(17)18-21/h5-6,21H,1-4H2,(H2,17,18). The number of amides is 1. The smallest absolute Gasteiger partial charge is 0.409 e. The van der Waals surface area contributed by atoms with Crippen molar-refractivity contribution < 1.29 is 36.3 Å². The number of oxime groups is 1. The van der Waals surface area contributed by atoms with Crippen LogP contribution in [0.5, 0.6) is 0 Å². The van der Waals surface area contributed by atoms with E-state index < -0.39 is 36.1 Å². The highest BCUT2D eigenvalue weighted by molar-refractivity contribution is 5.91. The second-order valence-corrected chi connectivity index (χ2v) is 4.58. The van der Waals surface area contributed by atoms with Gasteiger partial charge in [-0.3, -0.25) is 4.79 Å². The van der Waals surface area contributed by atoms with Crippen LogP contribution in [-0.2, 0) is 4.79 Å². The Morgan fingerprint density at radius 3 is 2.14 bits per heavy atom. The number of halogens is 6. The van der Waals surface area contributed by atoms with Crippen molar-refractivity contribution in [1.29, 1.82) is 0 Å². The summed E-state index contributed by atoms with van der Waals surface area (Å²) in [6.45, 7) is -0.317. The molecule has 1 fully saturated rings. The third-order valence-corrected chi connectivity index (χ3v) is 3.14. The van der Waals surface area contributed by atoms with Gasteiger partial charge in [-0.15, -0.1) is 0 Å². The first kappa shape index (κ1) is 17.4. The summed E-state index contributed by atoms with van der Waals surface area (Å²) in [5.74, 6) is -6.84. The van der Waals surface area contributed by atoms with E-state index in [0.717, 1.165) is 0 Å². The fraction of sp³-hybridized carbons (Fsp3) is 0.800. The molecule has 0 bridgehead atoms. The average molecular weight is 321 g/mol. The maximum absolute atomic E-state index is 12.6. The number of likely N-dealkylation sites (tertiary alicyclic amines) is 1. The summed E-state index contributed by atoms with van der Waals surface area (Å²) >= 11 is 0. The van der Waals surface area contributed by atoms with Crippen molar-refractivity contribution in [2.24, 2.45) is 16.8 Å². The quantitative estimate of drug-likeness (QED) is 0.268. The van der Waals surface area contributed by atoms with Crippen LogP contribution in [0.3, 0.4) is 0 Å². The molecule has 122 valence electrons. The van der Waals surface area contributed by atoms with Crippen molar-refractivity contribution in [3.63, 3.8) is 0 Å². The molecule has 21 heavy (non-hydrogen) atoms. The molecule has 0 aromatic rings. The second kappa shape index (κ2) is 5.98. The van der Waals surface area contributed by atoms with E-state index in [-0.39, 0.29) is 19.4 Å². The Hall–Kier alpha value is -1.68. The minimum absolute atomic E-state index is 0.0318. The van der Waals surface area contributed by atoms with Gasteiger partial charge in [0.2, 0.25) is 11.8 Å². The van der Waals surface area contributed by atoms with Gasteiger partial charge in [-0.2, -0.15) is 26.3 Å². The molecule has 1 atom stereocenters. The van der Waals surface area contributed by atoms with Gasteiger partial charge in [0.1, 0.15) is 0 Å². The van der Waals surface area contributed by atoms with Gasteiger partial charge in [0.15, 0.2) is 5.84 Å². The van der Waals surface area contributed by atoms with E-state index >= 15 is 0 Å². The molecule has 1 aliphatic heterocycles. The number of amidine groups is 1. The van der Waals surface area contributed by atoms with Crippen LogP contribution in [-0.4, -0.2) is 46.8 Å². The number of nitrogens with zero attached hydrogens (tertiary/aromatic N) is 2. The first-order valence-corrected chi connectivity index (χ1v) is 5.91. The summed E-state index contributed by atoms with van der Waals surface area (Å²) < 4.78 is 75.3. The molecular weight excluding hydrogens is 308 g/mol. The van der Waals surface area contributed by atoms with E-state index in [1.807, 2.05) is 0 Å². The van der Waals surface area contributed by atoms with Crippen LogP contribution < -0.4 is 5.73 Å². The third kappa shape index (κ3) is 3.91. The first-order chi connectivity index (χ1) is 9.50. The minimum Gasteiger partial charge on any atom is -0.409 e. The summed E-state index contributed by atoms with van der Waals surface area (Å²) in [4.78, 5) is 12.1. The molecule has 1 amide bonds. The maximum Gasteiger partial charge on any atom is 0.409 e. The Kier molecular flexibility index (Phi) is 4.95. The predicted molar refractivity (Wildman–Crippen MR) is 58.4 cm³/mol. The van der Waals surface area contributed by atoms with E-state index in [2.05, 4.69) is 5.16 Å². The zero-order valence-electron chi connectivity index (χ0n) is 10.6. The number of nitrogens with two attached hydrogens (primary N) is 1. The largest absolute Gasteiger partial charge is 0.409 e. The Morgan fingerprint density at radius 1 is 1.19 bits per heavy atom. The van der Waals surface area contributed by atoms with Gasteiger partial charge in [0.05, 0.1) is 6.04 Å². The minimum atomic E-state index is -5.76. The van der Waals surface area contributed by atoms with Gasteiger partial charge in [-0.25, -0.2) is 0 Å². The van der Waals surface area contributed by atoms with Crippen LogP contribution in [0.25, 0.3) is 0 Å². The highest BCUT2D eigenvalue weighted by Crippen LogP contribution is 2.41. The average Bonchev–Trinajstić information content (AvgIpc) is 2.34. The summed E-state index contributed by atoms with van der Waals surface area (Å²) in [5, 5.41) is 11.1. The fourth-order valence-electron chi connectivity index (χ4n) is 2.20.